The minimum atomic E-state index is -4.55. The SMILES string of the molecule is O=P(O)(O)c1ccccc1-c1ccccc1P(=O)(O)O. The highest BCUT2D eigenvalue weighted by molar-refractivity contribution is 7.61. The van der Waals surface area contributed by atoms with Gasteiger partial charge >= 0.3 is 15.2 Å². The van der Waals surface area contributed by atoms with Crippen LogP contribution in [-0.2, 0) is 9.13 Å². The summed E-state index contributed by atoms with van der Waals surface area (Å²) < 4.78 is 23.0. The Bertz CT molecular complexity index is 667. The van der Waals surface area contributed by atoms with Crippen LogP contribution in [0.1, 0.15) is 0 Å². The summed E-state index contributed by atoms with van der Waals surface area (Å²) in [4.78, 5) is 37.4. The van der Waals surface area contributed by atoms with E-state index in [0.717, 1.165) is 0 Å². The number of benzene rings is 2. The maximum atomic E-state index is 11.5. The lowest BCUT2D eigenvalue weighted by Crippen LogP contribution is -2.14. The second kappa shape index (κ2) is 5.26. The van der Waals surface area contributed by atoms with Gasteiger partial charge in [-0.1, -0.05) is 36.4 Å². The predicted octanol–water partition coefficient (Wildman–Crippen LogP) is 0.960. The Balaban J connectivity index is 2.78. The van der Waals surface area contributed by atoms with Gasteiger partial charge in [-0.05, 0) is 23.3 Å². The molecule has 0 fully saturated rings. The first kappa shape index (κ1) is 15.1. The van der Waals surface area contributed by atoms with E-state index in [-0.39, 0.29) is 21.7 Å². The van der Waals surface area contributed by atoms with Gasteiger partial charge in [0.15, 0.2) is 0 Å². The molecule has 4 N–H and O–H groups in total. The van der Waals surface area contributed by atoms with E-state index in [1.165, 1.54) is 36.4 Å². The summed E-state index contributed by atoms with van der Waals surface area (Å²) in [5.74, 6) is 0. The Morgan fingerprint density at radius 3 is 1.20 bits per heavy atom. The summed E-state index contributed by atoms with van der Waals surface area (Å²) >= 11 is 0. The van der Waals surface area contributed by atoms with Crippen LogP contribution in [0.3, 0.4) is 0 Å². The summed E-state index contributed by atoms with van der Waals surface area (Å²) in [7, 11) is -9.09. The maximum absolute atomic E-state index is 11.5. The topological polar surface area (TPSA) is 115 Å². The molecule has 0 bridgehead atoms. The standard InChI is InChI=1S/C12H12O6P2/c13-19(14,15)11-7-3-1-5-9(11)10-6-2-4-8-12(10)20(16,17)18/h1-8H,(H2,13,14,15)(H2,16,17,18). The summed E-state index contributed by atoms with van der Waals surface area (Å²) in [6, 6.07) is 11.3. The van der Waals surface area contributed by atoms with Crippen LogP contribution in [-0.4, -0.2) is 19.6 Å². The molecule has 0 aliphatic carbocycles. The summed E-state index contributed by atoms with van der Waals surface area (Å²) in [6.45, 7) is 0. The van der Waals surface area contributed by atoms with E-state index in [1.807, 2.05) is 0 Å². The molecule has 0 unspecified atom stereocenters. The van der Waals surface area contributed by atoms with Crippen molar-refractivity contribution in [1.29, 1.82) is 0 Å². The van der Waals surface area contributed by atoms with Crippen molar-refractivity contribution in [2.45, 2.75) is 0 Å². The third-order valence-electron chi connectivity index (χ3n) is 2.73. The third-order valence-corrected chi connectivity index (χ3v) is 4.76. The normalized spacial score (nSPS) is 12.4. The van der Waals surface area contributed by atoms with E-state index >= 15 is 0 Å². The fraction of sp³-hybridized carbons (Fsp3) is 0. The van der Waals surface area contributed by atoms with Crippen molar-refractivity contribution < 1.29 is 28.7 Å². The van der Waals surface area contributed by atoms with Crippen molar-refractivity contribution >= 4 is 25.8 Å². The van der Waals surface area contributed by atoms with Crippen molar-refractivity contribution in [3.8, 4) is 11.1 Å². The molecule has 8 heteroatoms. The molecule has 2 rings (SSSR count). The second-order valence-corrected chi connectivity index (χ2v) is 7.26. The average molecular weight is 314 g/mol. The van der Waals surface area contributed by atoms with Gasteiger partial charge in [0.2, 0.25) is 0 Å². The quantitative estimate of drug-likeness (QED) is 0.627. The van der Waals surface area contributed by atoms with Gasteiger partial charge in [-0.25, -0.2) is 0 Å². The third kappa shape index (κ3) is 3.07. The molecule has 6 nitrogen and oxygen atoms in total. The lowest BCUT2D eigenvalue weighted by molar-refractivity contribution is 0.385. The minimum absolute atomic E-state index is 0.111. The van der Waals surface area contributed by atoms with Gasteiger partial charge in [0.05, 0.1) is 10.6 Å². The van der Waals surface area contributed by atoms with E-state index in [4.69, 9.17) is 0 Å². The molecule has 0 atom stereocenters. The van der Waals surface area contributed by atoms with E-state index < -0.39 is 15.2 Å². The van der Waals surface area contributed by atoms with Gasteiger partial charge in [-0.2, -0.15) is 0 Å². The Morgan fingerprint density at radius 1 is 0.600 bits per heavy atom. The van der Waals surface area contributed by atoms with Crippen molar-refractivity contribution in [2.24, 2.45) is 0 Å². The van der Waals surface area contributed by atoms with E-state index in [0.29, 0.717) is 0 Å². The fourth-order valence-corrected chi connectivity index (χ4v) is 3.49. The highest BCUT2D eigenvalue weighted by atomic mass is 31.2. The molecular weight excluding hydrogens is 302 g/mol. The molecule has 2 aromatic carbocycles. The van der Waals surface area contributed by atoms with Crippen LogP contribution in [0.4, 0.5) is 0 Å². The highest BCUT2D eigenvalue weighted by Crippen LogP contribution is 2.41. The molecule has 0 heterocycles. The van der Waals surface area contributed by atoms with Crippen LogP contribution < -0.4 is 10.6 Å². The molecule has 0 saturated heterocycles. The molecule has 0 aliphatic rings. The Labute approximate surface area is 115 Å². The van der Waals surface area contributed by atoms with Crippen LogP contribution in [0.2, 0.25) is 0 Å². The van der Waals surface area contributed by atoms with Gasteiger partial charge in [0.25, 0.3) is 0 Å². The molecule has 2 aromatic rings. The number of rotatable bonds is 3. The minimum Gasteiger partial charge on any atom is -0.321 e. The predicted molar refractivity (Wildman–Crippen MR) is 75.2 cm³/mol. The average Bonchev–Trinajstić information content (AvgIpc) is 2.37. The summed E-state index contributed by atoms with van der Waals surface area (Å²) in [5.41, 5.74) is 0.222. The monoisotopic (exact) mass is 314 g/mol. The van der Waals surface area contributed by atoms with Crippen molar-refractivity contribution in [3.05, 3.63) is 48.5 Å². The molecule has 106 valence electrons. The van der Waals surface area contributed by atoms with Crippen molar-refractivity contribution in [2.75, 3.05) is 0 Å². The number of hydrogen-bond acceptors (Lipinski definition) is 2. The molecule has 0 radical (unpaired) electrons. The van der Waals surface area contributed by atoms with E-state index in [9.17, 15) is 28.7 Å². The molecule has 0 saturated carbocycles. The lowest BCUT2D eigenvalue weighted by Gasteiger charge is -2.15. The zero-order valence-electron chi connectivity index (χ0n) is 10.1. The maximum Gasteiger partial charge on any atom is 0.356 e. The largest absolute Gasteiger partial charge is 0.356 e. The fourth-order valence-electron chi connectivity index (χ4n) is 1.91. The Kier molecular flexibility index (Phi) is 3.98. The van der Waals surface area contributed by atoms with Gasteiger partial charge < -0.3 is 19.6 Å². The van der Waals surface area contributed by atoms with Crippen LogP contribution >= 0.6 is 15.2 Å². The van der Waals surface area contributed by atoms with Crippen molar-refractivity contribution in [1.82, 2.24) is 0 Å². The summed E-state index contributed by atoms with van der Waals surface area (Å²) in [5, 5.41) is -0.526. The molecular formula is C12H12O6P2. The van der Waals surface area contributed by atoms with Gasteiger partial charge in [0, 0.05) is 0 Å². The second-order valence-electron chi connectivity index (χ2n) is 4.12. The van der Waals surface area contributed by atoms with Gasteiger partial charge in [-0.3, -0.25) is 9.13 Å². The first-order chi connectivity index (χ1) is 9.21. The van der Waals surface area contributed by atoms with Crippen LogP contribution in [0.5, 0.6) is 0 Å². The first-order valence-corrected chi connectivity index (χ1v) is 8.74. The molecule has 0 amide bonds. The lowest BCUT2D eigenvalue weighted by atomic mass is 10.1. The van der Waals surface area contributed by atoms with Crippen LogP contribution in [0.15, 0.2) is 48.5 Å². The Morgan fingerprint density at radius 2 is 0.900 bits per heavy atom. The Hall–Kier alpha value is -1.26. The van der Waals surface area contributed by atoms with E-state index in [2.05, 4.69) is 0 Å². The van der Waals surface area contributed by atoms with Gasteiger partial charge in [0.1, 0.15) is 0 Å². The molecule has 0 aromatic heterocycles. The number of hydrogen-bond donors (Lipinski definition) is 4. The first-order valence-electron chi connectivity index (χ1n) is 5.52. The smallest absolute Gasteiger partial charge is 0.321 e. The van der Waals surface area contributed by atoms with Crippen LogP contribution in [0, 0.1) is 0 Å². The van der Waals surface area contributed by atoms with Crippen molar-refractivity contribution in [3.63, 3.8) is 0 Å². The van der Waals surface area contributed by atoms with Gasteiger partial charge in [-0.15, -0.1) is 0 Å². The zero-order valence-corrected chi connectivity index (χ0v) is 11.9. The van der Waals surface area contributed by atoms with E-state index in [1.54, 1.807) is 12.1 Å². The molecule has 0 spiro atoms. The summed E-state index contributed by atoms with van der Waals surface area (Å²) in [6.07, 6.45) is 0. The highest BCUT2D eigenvalue weighted by Gasteiger charge is 2.27. The molecule has 20 heavy (non-hydrogen) atoms. The van der Waals surface area contributed by atoms with Crippen LogP contribution in [0.25, 0.3) is 11.1 Å². The molecule has 0 aliphatic heterocycles. The zero-order chi connectivity index (χ0) is 15.0.